The zero-order valence-corrected chi connectivity index (χ0v) is 15.7. The highest BCUT2D eigenvalue weighted by Crippen LogP contribution is 2.14. The standard InChI is InChI=1S/C22H24N4O2/c27-21(11-10-20-22(28)25-19-9-5-4-8-18(19)24-20)23-17-12-13-26(15-17)14-16-6-2-1-3-7-16/h1-9,17H,10-15H2,(H,23,27)(H,25,28). The van der Waals surface area contributed by atoms with Crippen molar-refractivity contribution in [1.29, 1.82) is 0 Å². The van der Waals surface area contributed by atoms with Gasteiger partial charge < -0.3 is 10.3 Å². The average molecular weight is 376 g/mol. The van der Waals surface area contributed by atoms with Gasteiger partial charge in [0.15, 0.2) is 0 Å². The Morgan fingerprint density at radius 1 is 1.14 bits per heavy atom. The maximum absolute atomic E-state index is 12.3. The molecule has 1 atom stereocenters. The fraction of sp³-hybridized carbons (Fsp3) is 0.318. The fourth-order valence-corrected chi connectivity index (χ4v) is 3.70. The van der Waals surface area contributed by atoms with Gasteiger partial charge in [-0.1, -0.05) is 42.5 Å². The van der Waals surface area contributed by atoms with E-state index in [1.807, 2.05) is 42.5 Å². The highest BCUT2D eigenvalue weighted by atomic mass is 16.1. The first-order valence-corrected chi connectivity index (χ1v) is 9.71. The summed E-state index contributed by atoms with van der Waals surface area (Å²) in [6.45, 7) is 2.74. The maximum Gasteiger partial charge on any atom is 0.270 e. The van der Waals surface area contributed by atoms with E-state index >= 15 is 0 Å². The number of H-pyrrole nitrogens is 1. The van der Waals surface area contributed by atoms with Crippen LogP contribution in [0, 0.1) is 0 Å². The molecule has 2 heterocycles. The number of fused-ring (bicyclic) bond motifs is 1. The Hall–Kier alpha value is -2.99. The second kappa shape index (κ2) is 8.35. The summed E-state index contributed by atoms with van der Waals surface area (Å²) in [4.78, 5) is 34.1. The second-order valence-electron chi connectivity index (χ2n) is 7.30. The lowest BCUT2D eigenvalue weighted by Gasteiger charge is -2.16. The Labute approximate surface area is 163 Å². The molecule has 2 N–H and O–H groups in total. The van der Waals surface area contributed by atoms with Gasteiger partial charge in [0.2, 0.25) is 5.91 Å². The molecular formula is C22H24N4O2. The van der Waals surface area contributed by atoms with E-state index in [1.165, 1.54) is 5.56 Å². The molecule has 0 saturated carbocycles. The van der Waals surface area contributed by atoms with Crippen molar-refractivity contribution in [2.45, 2.75) is 31.8 Å². The second-order valence-corrected chi connectivity index (χ2v) is 7.30. The Balaban J connectivity index is 1.28. The third-order valence-corrected chi connectivity index (χ3v) is 5.15. The summed E-state index contributed by atoms with van der Waals surface area (Å²) in [6.07, 6.45) is 1.56. The number of aryl methyl sites for hydroxylation is 1. The number of aromatic amines is 1. The number of hydrogen-bond acceptors (Lipinski definition) is 4. The molecular weight excluding hydrogens is 352 g/mol. The van der Waals surface area contributed by atoms with Crippen LogP contribution in [0.3, 0.4) is 0 Å². The number of nitrogens with zero attached hydrogens (tertiary/aromatic N) is 2. The SMILES string of the molecule is O=C(CCc1nc2ccccc2[nH]c1=O)NC1CCN(Cc2ccccc2)C1. The molecule has 2 aromatic carbocycles. The van der Waals surface area contributed by atoms with Crippen LogP contribution in [-0.4, -0.2) is 39.9 Å². The van der Waals surface area contributed by atoms with Crippen molar-refractivity contribution in [3.63, 3.8) is 0 Å². The molecule has 6 heteroatoms. The van der Waals surface area contributed by atoms with Gasteiger partial charge in [0.1, 0.15) is 5.69 Å². The maximum atomic E-state index is 12.3. The van der Waals surface area contributed by atoms with Gasteiger partial charge in [0.05, 0.1) is 11.0 Å². The molecule has 1 fully saturated rings. The summed E-state index contributed by atoms with van der Waals surface area (Å²) >= 11 is 0. The largest absolute Gasteiger partial charge is 0.352 e. The van der Waals surface area contributed by atoms with Crippen molar-refractivity contribution in [3.8, 4) is 0 Å². The van der Waals surface area contributed by atoms with E-state index in [-0.39, 0.29) is 23.9 Å². The van der Waals surface area contributed by atoms with Gasteiger partial charge in [0.25, 0.3) is 5.56 Å². The Morgan fingerprint density at radius 3 is 2.79 bits per heavy atom. The molecule has 1 aromatic heterocycles. The van der Waals surface area contributed by atoms with Crippen molar-refractivity contribution >= 4 is 16.9 Å². The van der Waals surface area contributed by atoms with Crippen molar-refractivity contribution in [2.24, 2.45) is 0 Å². The van der Waals surface area contributed by atoms with Crippen LogP contribution in [0.15, 0.2) is 59.4 Å². The predicted molar refractivity (Wildman–Crippen MR) is 109 cm³/mol. The van der Waals surface area contributed by atoms with Crippen molar-refractivity contribution in [1.82, 2.24) is 20.2 Å². The molecule has 0 aliphatic carbocycles. The highest BCUT2D eigenvalue weighted by molar-refractivity contribution is 5.77. The molecule has 0 spiro atoms. The average Bonchev–Trinajstić information content (AvgIpc) is 3.13. The number of hydrogen-bond donors (Lipinski definition) is 2. The lowest BCUT2D eigenvalue weighted by atomic mass is 10.2. The topological polar surface area (TPSA) is 78.1 Å². The zero-order valence-electron chi connectivity index (χ0n) is 15.7. The number of carbonyl (C=O) groups excluding carboxylic acids is 1. The summed E-state index contributed by atoms with van der Waals surface area (Å²) in [7, 11) is 0. The zero-order chi connectivity index (χ0) is 19.3. The molecule has 1 saturated heterocycles. The molecule has 3 aromatic rings. The first-order valence-electron chi connectivity index (χ1n) is 9.71. The van der Waals surface area contributed by atoms with Gasteiger partial charge in [0, 0.05) is 38.5 Å². The van der Waals surface area contributed by atoms with Gasteiger partial charge in [-0.3, -0.25) is 14.5 Å². The van der Waals surface area contributed by atoms with E-state index in [0.717, 1.165) is 31.6 Å². The van der Waals surface area contributed by atoms with E-state index < -0.39 is 0 Å². The number of para-hydroxylation sites is 2. The summed E-state index contributed by atoms with van der Waals surface area (Å²) in [5.41, 5.74) is 2.93. The molecule has 1 amide bonds. The van der Waals surface area contributed by atoms with E-state index in [4.69, 9.17) is 0 Å². The number of carbonyl (C=O) groups is 1. The molecule has 144 valence electrons. The molecule has 28 heavy (non-hydrogen) atoms. The minimum Gasteiger partial charge on any atom is -0.352 e. The number of aromatic nitrogens is 2. The van der Waals surface area contributed by atoms with Gasteiger partial charge >= 0.3 is 0 Å². The first kappa shape index (κ1) is 18.4. The Bertz CT molecular complexity index is 1020. The number of nitrogens with one attached hydrogen (secondary N) is 2. The van der Waals surface area contributed by atoms with Crippen LogP contribution < -0.4 is 10.9 Å². The lowest BCUT2D eigenvalue weighted by molar-refractivity contribution is -0.121. The van der Waals surface area contributed by atoms with Gasteiger partial charge in [-0.05, 0) is 24.1 Å². The van der Waals surface area contributed by atoms with Crippen LogP contribution in [0.5, 0.6) is 0 Å². The van der Waals surface area contributed by atoms with Crippen molar-refractivity contribution < 1.29 is 4.79 Å². The van der Waals surface area contributed by atoms with Crippen LogP contribution >= 0.6 is 0 Å². The Morgan fingerprint density at radius 2 is 1.93 bits per heavy atom. The van der Waals surface area contributed by atoms with Gasteiger partial charge in [-0.25, -0.2) is 4.98 Å². The summed E-state index contributed by atoms with van der Waals surface area (Å²) in [5.74, 6) is -0.0269. The lowest BCUT2D eigenvalue weighted by Crippen LogP contribution is -2.37. The van der Waals surface area contributed by atoms with Crippen LogP contribution in [-0.2, 0) is 17.8 Å². The van der Waals surface area contributed by atoms with Crippen LogP contribution in [0.25, 0.3) is 11.0 Å². The molecule has 1 aliphatic rings. The molecule has 0 bridgehead atoms. The van der Waals surface area contributed by atoms with E-state index in [9.17, 15) is 9.59 Å². The molecule has 6 nitrogen and oxygen atoms in total. The summed E-state index contributed by atoms with van der Waals surface area (Å²) in [6, 6.07) is 17.9. The molecule has 1 aliphatic heterocycles. The van der Waals surface area contributed by atoms with Crippen LogP contribution in [0.4, 0.5) is 0 Å². The number of rotatable bonds is 6. The van der Waals surface area contributed by atoms with Gasteiger partial charge in [-0.15, -0.1) is 0 Å². The predicted octanol–water partition coefficient (Wildman–Crippen LogP) is 2.25. The third-order valence-electron chi connectivity index (χ3n) is 5.15. The number of likely N-dealkylation sites (tertiary alicyclic amines) is 1. The van der Waals surface area contributed by atoms with Gasteiger partial charge in [-0.2, -0.15) is 0 Å². The van der Waals surface area contributed by atoms with E-state index in [2.05, 4.69) is 32.3 Å². The minimum atomic E-state index is -0.221. The van der Waals surface area contributed by atoms with E-state index in [0.29, 0.717) is 17.6 Å². The summed E-state index contributed by atoms with van der Waals surface area (Å²) in [5, 5.41) is 3.10. The highest BCUT2D eigenvalue weighted by Gasteiger charge is 2.23. The first-order chi connectivity index (χ1) is 13.7. The minimum absolute atomic E-state index is 0.0269. The Kier molecular flexibility index (Phi) is 5.48. The summed E-state index contributed by atoms with van der Waals surface area (Å²) < 4.78 is 0. The smallest absolute Gasteiger partial charge is 0.270 e. The van der Waals surface area contributed by atoms with Crippen molar-refractivity contribution in [2.75, 3.05) is 13.1 Å². The molecule has 1 unspecified atom stereocenters. The van der Waals surface area contributed by atoms with E-state index in [1.54, 1.807) is 0 Å². The third kappa shape index (κ3) is 4.46. The number of amides is 1. The fourth-order valence-electron chi connectivity index (χ4n) is 3.70. The van der Waals surface area contributed by atoms with Crippen LogP contribution in [0.1, 0.15) is 24.1 Å². The monoisotopic (exact) mass is 376 g/mol. The number of benzene rings is 2. The molecule has 0 radical (unpaired) electrons. The van der Waals surface area contributed by atoms with Crippen LogP contribution in [0.2, 0.25) is 0 Å². The normalized spacial score (nSPS) is 17.1. The molecule has 4 rings (SSSR count). The quantitative estimate of drug-likeness (QED) is 0.692. The van der Waals surface area contributed by atoms with Crippen molar-refractivity contribution in [3.05, 3.63) is 76.2 Å².